The van der Waals surface area contributed by atoms with Gasteiger partial charge in [0.1, 0.15) is 0 Å². The number of nitrogens with two attached hydrogens (primary N) is 1. The first-order valence-corrected chi connectivity index (χ1v) is 7.90. The molecule has 0 spiro atoms. The summed E-state index contributed by atoms with van der Waals surface area (Å²) in [6.07, 6.45) is 7.00. The van der Waals surface area contributed by atoms with Gasteiger partial charge < -0.3 is 15.8 Å². The van der Waals surface area contributed by atoms with Gasteiger partial charge in [0.05, 0.1) is 5.56 Å². The first kappa shape index (κ1) is 14.1. The highest BCUT2D eigenvalue weighted by atomic mass is 32.2. The van der Waals surface area contributed by atoms with Crippen LogP contribution in [0.1, 0.15) is 31.2 Å². The Hall–Kier alpha value is -1.36. The summed E-state index contributed by atoms with van der Waals surface area (Å²) in [5, 5.41) is 12.2. The summed E-state index contributed by atoms with van der Waals surface area (Å²) in [5.41, 5.74) is 7.82. The number of benzene rings is 1. The van der Waals surface area contributed by atoms with E-state index in [9.17, 15) is 0 Å². The molecule has 19 heavy (non-hydrogen) atoms. The number of amidine groups is 1. The van der Waals surface area contributed by atoms with Crippen LogP contribution < -0.4 is 10.6 Å². The zero-order valence-electron chi connectivity index (χ0n) is 11.3. The predicted octanol–water partition coefficient (Wildman–Crippen LogP) is 2.88. The molecule has 0 unspecified atom stereocenters. The monoisotopic (exact) mass is 279 g/mol. The van der Waals surface area contributed by atoms with Crippen LogP contribution in [-0.2, 0) is 0 Å². The minimum atomic E-state index is 0.198. The second kappa shape index (κ2) is 6.70. The minimum Gasteiger partial charge on any atom is -0.409 e. The lowest BCUT2D eigenvalue weighted by molar-refractivity contribution is 0.318. The molecule has 5 heteroatoms. The Morgan fingerprint density at radius 1 is 1.26 bits per heavy atom. The standard InChI is InChI=1S/C14H21N3OS/c1-19-12-8-6-7-11(13(12)14(15)16-18)17-9-4-2-3-5-10-17/h6-8,18H,2-5,9-10H2,1H3,(H2,15,16). The molecule has 104 valence electrons. The minimum absolute atomic E-state index is 0.198. The van der Waals surface area contributed by atoms with Crippen LogP contribution in [0.15, 0.2) is 28.3 Å². The van der Waals surface area contributed by atoms with Gasteiger partial charge in [0.25, 0.3) is 0 Å². The van der Waals surface area contributed by atoms with E-state index in [4.69, 9.17) is 10.9 Å². The van der Waals surface area contributed by atoms with Crippen molar-refractivity contribution in [1.82, 2.24) is 0 Å². The Kier molecular flexibility index (Phi) is 4.96. The lowest BCUT2D eigenvalue weighted by Gasteiger charge is -2.26. The molecular formula is C14H21N3OS. The number of rotatable bonds is 3. The van der Waals surface area contributed by atoms with Crippen molar-refractivity contribution in [1.29, 1.82) is 0 Å². The van der Waals surface area contributed by atoms with E-state index in [1.54, 1.807) is 11.8 Å². The van der Waals surface area contributed by atoms with Gasteiger partial charge in [0, 0.05) is 23.7 Å². The molecule has 1 fully saturated rings. The third-order valence-electron chi connectivity index (χ3n) is 3.53. The van der Waals surface area contributed by atoms with Crippen molar-refractivity contribution in [3.8, 4) is 0 Å². The summed E-state index contributed by atoms with van der Waals surface area (Å²) in [4.78, 5) is 3.41. The van der Waals surface area contributed by atoms with Gasteiger partial charge in [-0.1, -0.05) is 24.1 Å². The van der Waals surface area contributed by atoms with Crippen LogP contribution in [0, 0.1) is 0 Å². The first-order chi connectivity index (χ1) is 9.27. The fourth-order valence-corrected chi connectivity index (χ4v) is 3.20. The van der Waals surface area contributed by atoms with Gasteiger partial charge in [-0.25, -0.2) is 0 Å². The van der Waals surface area contributed by atoms with Gasteiger partial charge in [-0.05, 0) is 31.2 Å². The van der Waals surface area contributed by atoms with Gasteiger partial charge in [-0.15, -0.1) is 11.8 Å². The zero-order valence-corrected chi connectivity index (χ0v) is 12.1. The molecule has 0 saturated carbocycles. The lowest BCUT2D eigenvalue weighted by Crippen LogP contribution is -2.28. The predicted molar refractivity (Wildman–Crippen MR) is 81.4 cm³/mol. The van der Waals surface area contributed by atoms with Crippen LogP contribution in [0.4, 0.5) is 5.69 Å². The summed E-state index contributed by atoms with van der Waals surface area (Å²) in [6.45, 7) is 2.09. The molecule has 1 aliphatic rings. The van der Waals surface area contributed by atoms with Gasteiger partial charge in [0.15, 0.2) is 5.84 Å². The average Bonchev–Trinajstić information content (AvgIpc) is 2.74. The van der Waals surface area contributed by atoms with Gasteiger partial charge in [-0.2, -0.15) is 0 Å². The Labute approximate surface area is 118 Å². The van der Waals surface area contributed by atoms with Crippen molar-refractivity contribution in [2.24, 2.45) is 10.9 Å². The summed E-state index contributed by atoms with van der Waals surface area (Å²) in [6, 6.07) is 6.12. The van der Waals surface area contributed by atoms with Crippen LogP contribution >= 0.6 is 11.8 Å². The van der Waals surface area contributed by atoms with E-state index in [1.165, 1.54) is 25.7 Å². The first-order valence-electron chi connectivity index (χ1n) is 6.67. The molecule has 1 saturated heterocycles. The van der Waals surface area contributed by atoms with E-state index in [1.807, 2.05) is 18.4 Å². The van der Waals surface area contributed by atoms with E-state index in [0.29, 0.717) is 0 Å². The summed E-state index contributed by atoms with van der Waals surface area (Å²) in [7, 11) is 0. The van der Waals surface area contributed by atoms with Crippen molar-refractivity contribution in [2.75, 3.05) is 24.2 Å². The largest absolute Gasteiger partial charge is 0.409 e. The molecule has 0 atom stereocenters. The molecule has 0 amide bonds. The number of thioether (sulfide) groups is 1. The molecule has 3 N–H and O–H groups in total. The molecule has 2 rings (SSSR count). The van der Waals surface area contributed by atoms with Crippen LogP contribution in [0.25, 0.3) is 0 Å². The highest BCUT2D eigenvalue weighted by Crippen LogP contribution is 2.31. The van der Waals surface area contributed by atoms with Crippen LogP contribution in [0.3, 0.4) is 0 Å². The lowest BCUT2D eigenvalue weighted by atomic mass is 10.1. The molecular weight excluding hydrogens is 258 g/mol. The van der Waals surface area contributed by atoms with Crippen molar-refractivity contribution in [3.05, 3.63) is 23.8 Å². The van der Waals surface area contributed by atoms with Crippen LogP contribution in [0.2, 0.25) is 0 Å². The second-order valence-corrected chi connectivity index (χ2v) is 5.59. The van der Waals surface area contributed by atoms with Gasteiger partial charge in [-0.3, -0.25) is 0 Å². The summed E-state index contributed by atoms with van der Waals surface area (Å²) < 4.78 is 0. The maximum Gasteiger partial charge on any atom is 0.173 e. The second-order valence-electron chi connectivity index (χ2n) is 4.74. The van der Waals surface area contributed by atoms with Gasteiger partial charge in [0.2, 0.25) is 0 Å². The maximum atomic E-state index is 9.02. The average molecular weight is 279 g/mol. The topological polar surface area (TPSA) is 61.8 Å². The van der Waals surface area contributed by atoms with Crippen LogP contribution in [-0.4, -0.2) is 30.4 Å². The molecule has 0 aliphatic carbocycles. The molecule has 1 aromatic rings. The molecule has 1 heterocycles. The molecule has 0 aromatic heterocycles. The van der Waals surface area contributed by atoms with Crippen molar-refractivity contribution in [2.45, 2.75) is 30.6 Å². The quantitative estimate of drug-likeness (QED) is 0.294. The Balaban J connectivity index is 2.43. The van der Waals surface area contributed by atoms with E-state index < -0.39 is 0 Å². The molecule has 0 bridgehead atoms. The van der Waals surface area contributed by atoms with Crippen molar-refractivity contribution >= 4 is 23.3 Å². The Morgan fingerprint density at radius 2 is 1.95 bits per heavy atom. The third kappa shape index (κ3) is 3.15. The van der Waals surface area contributed by atoms with Gasteiger partial charge >= 0.3 is 0 Å². The number of hydrogen-bond acceptors (Lipinski definition) is 4. The maximum absolute atomic E-state index is 9.02. The highest BCUT2D eigenvalue weighted by Gasteiger charge is 2.18. The third-order valence-corrected chi connectivity index (χ3v) is 4.31. The molecule has 1 aliphatic heterocycles. The van der Waals surface area contributed by atoms with E-state index >= 15 is 0 Å². The SMILES string of the molecule is CSc1cccc(N2CCCCCC2)c1/C(N)=N/O. The fourth-order valence-electron chi connectivity index (χ4n) is 2.57. The highest BCUT2D eigenvalue weighted by molar-refractivity contribution is 7.98. The van der Waals surface area contributed by atoms with Crippen LogP contribution in [0.5, 0.6) is 0 Å². The van der Waals surface area contributed by atoms with E-state index in [0.717, 1.165) is 29.2 Å². The summed E-state index contributed by atoms with van der Waals surface area (Å²) >= 11 is 1.62. The normalized spacial score (nSPS) is 17.3. The molecule has 4 nitrogen and oxygen atoms in total. The number of anilines is 1. The van der Waals surface area contributed by atoms with E-state index in [-0.39, 0.29) is 5.84 Å². The smallest absolute Gasteiger partial charge is 0.173 e. The molecule has 1 aromatic carbocycles. The number of oxime groups is 1. The zero-order chi connectivity index (χ0) is 13.7. The Morgan fingerprint density at radius 3 is 2.53 bits per heavy atom. The summed E-state index contributed by atoms with van der Waals surface area (Å²) in [5.74, 6) is 0.198. The van der Waals surface area contributed by atoms with E-state index in [2.05, 4.69) is 16.1 Å². The van der Waals surface area contributed by atoms with Crippen molar-refractivity contribution < 1.29 is 5.21 Å². The molecule has 0 radical (unpaired) electrons. The van der Waals surface area contributed by atoms with Crippen molar-refractivity contribution in [3.63, 3.8) is 0 Å². The number of hydrogen-bond donors (Lipinski definition) is 2. The Bertz CT molecular complexity index is 454. The number of nitrogens with zero attached hydrogens (tertiary/aromatic N) is 2. The fraction of sp³-hybridized carbons (Fsp3) is 0.500.